The SMILES string of the molecule is CC(C)C[C@H](C(=O)Nc1ccc(F)c(Cl)c1)N1Cc2ccccc2C1=O. The van der Waals surface area contributed by atoms with E-state index in [-0.39, 0.29) is 22.8 Å². The summed E-state index contributed by atoms with van der Waals surface area (Å²) in [7, 11) is 0. The normalized spacial score (nSPS) is 14.5. The lowest BCUT2D eigenvalue weighted by atomic mass is 10.0. The summed E-state index contributed by atoms with van der Waals surface area (Å²) in [5.41, 5.74) is 1.96. The highest BCUT2D eigenvalue weighted by molar-refractivity contribution is 6.31. The predicted molar refractivity (Wildman–Crippen MR) is 99.6 cm³/mol. The average Bonchev–Trinajstić information content (AvgIpc) is 2.93. The van der Waals surface area contributed by atoms with Crippen molar-refractivity contribution in [3.05, 3.63) is 64.4 Å². The Morgan fingerprint density at radius 1 is 1.27 bits per heavy atom. The number of carbonyl (C=O) groups is 2. The summed E-state index contributed by atoms with van der Waals surface area (Å²) in [6, 6.07) is 10.8. The second-order valence-corrected chi connectivity index (χ2v) is 7.26. The van der Waals surface area contributed by atoms with Crippen LogP contribution in [0.1, 0.15) is 36.2 Å². The van der Waals surface area contributed by atoms with E-state index >= 15 is 0 Å². The maximum atomic E-state index is 13.3. The van der Waals surface area contributed by atoms with Crippen molar-refractivity contribution in [2.75, 3.05) is 5.32 Å². The number of nitrogens with one attached hydrogen (secondary N) is 1. The molecule has 1 aliphatic heterocycles. The van der Waals surface area contributed by atoms with Crippen molar-refractivity contribution >= 4 is 29.1 Å². The fourth-order valence-corrected chi connectivity index (χ4v) is 3.33. The van der Waals surface area contributed by atoms with Gasteiger partial charge >= 0.3 is 0 Å². The molecule has 0 fully saturated rings. The molecule has 3 rings (SSSR count). The molecule has 0 bridgehead atoms. The lowest BCUT2D eigenvalue weighted by Gasteiger charge is -2.28. The van der Waals surface area contributed by atoms with Crippen molar-refractivity contribution in [2.45, 2.75) is 32.9 Å². The molecule has 4 nitrogen and oxygen atoms in total. The van der Waals surface area contributed by atoms with Crippen LogP contribution in [-0.4, -0.2) is 22.8 Å². The predicted octanol–water partition coefficient (Wildman–Crippen LogP) is 4.49. The molecule has 1 atom stereocenters. The van der Waals surface area contributed by atoms with Crippen LogP contribution in [-0.2, 0) is 11.3 Å². The molecular formula is C20H20ClFN2O2. The van der Waals surface area contributed by atoms with Crippen LogP contribution in [0.25, 0.3) is 0 Å². The first-order valence-corrected chi connectivity index (χ1v) is 8.89. The molecule has 0 saturated heterocycles. The van der Waals surface area contributed by atoms with E-state index in [9.17, 15) is 14.0 Å². The van der Waals surface area contributed by atoms with Crippen molar-refractivity contribution in [1.82, 2.24) is 4.90 Å². The number of anilines is 1. The van der Waals surface area contributed by atoms with Crippen LogP contribution in [0.3, 0.4) is 0 Å². The first-order valence-electron chi connectivity index (χ1n) is 8.51. The maximum Gasteiger partial charge on any atom is 0.255 e. The minimum atomic E-state index is -0.612. The van der Waals surface area contributed by atoms with E-state index in [1.165, 1.54) is 18.2 Å². The van der Waals surface area contributed by atoms with Gasteiger partial charge in [0.1, 0.15) is 11.9 Å². The fraction of sp³-hybridized carbons (Fsp3) is 0.300. The van der Waals surface area contributed by atoms with Gasteiger partial charge in [0.05, 0.1) is 5.02 Å². The zero-order valence-electron chi connectivity index (χ0n) is 14.6. The van der Waals surface area contributed by atoms with Gasteiger partial charge in [0.2, 0.25) is 5.91 Å². The molecule has 2 amide bonds. The summed E-state index contributed by atoms with van der Waals surface area (Å²) in [5.74, 6) is -0.770. The smallest absolute Gasteiger partial charge is 0.255 e. The molecule has 26 heavy (non-hydrogen) atoms. The largest absolute Gasteiger partial charge is 0.324 e. The van der Waals surface area contributed by atoms with E-state index < -0.39 is 11.9 Å². The Morgan fingerprint density at radius 2 is 2.00 bits per heavy atom. The van der Waals surface area contributed by atoms with Gasteiger partial charge < -0.3 is 10.2 Å². The Hall–Kier alpha value is -2.40. The van der Waals surface area contributed by atoms with Crippen molar-refractivity contribution in [3.8, 4) is 0 Å². The Labute approximate surface area is 157 Å². The number of amides is 2. The molecule has 6 heteroatoms. The quantitative estimate of drug-likeness (QED) is 0.838. The Kier molecular flexibility index (Phi) is 5.28. The molecular weight excluding hydrogens is 355 g/mol. The zero-order chi connectivity index (χ0) is 18.8. The summed E-state index contributed by atoms with van der Waals surface area (Å²) in [6.45, 7) is 4.41. The molecule has 1 N–H and O–H groups in total. The highest BCUT2D eigenvalue weighted by atomic mass is 35.5. The van der Waals surface area contributed by atoms with Crippen LogP contribution < -0.4 is 5.32 Å². The third-order valence-corrected chi connectivity index (χ3v) is 4.70. The summed E-state index contributed by atoms with van der Waals surface area (Å²) in [4.78, 5) is 27.2. The van der Waals surface area contributed by atoms with E-state index in [0.717, 1.165) is 5.56 Å². The molecule has 1 aliphatic rings. The molecule has 0 saturated carbocycles. The summed E-state index contributed by atoms with van der Waals surface area (Å²) < 4.78 is 13.3. The van der Waals surface area contributed by atoms with Gasteiger partial charge in [0.15, 0.2) is 0 Å². The maximum absolute atomic E-state index is 13.3. The van der Waals surface area contributed by atoms with Crippen molar-refractivity contribution in [3.63, 3.8) is 0 Å². The Balaban J connectivity index is 1.83. The molecule has 0 unspecified atom stereocenters. The number of hydrogen-bond donors (Lipinski definition) is 1. The number of carbonyl (C=O) groups excluding carboxylic acids is 2. The summed E-state index contributed by atoms with van der Waals surface area (Å²) in [5, 5.41) is 2.69. The summed E-state index contributed by atoms with van der Waals surface area (Å²) >= 11 is 5.78. The lowest BCUT2D eigenvalue weighted by molar-refractivity contribution is -0.121. The van der Waals surface area contributed by atoms with E-state index in [1.807, 2.05) is 32.0 Å². The van der Waals surface area contributed by atoms with Gasteiger partial charge in [-0.3, -0.25) is 9.59 Å². The molecule has 0 spiro atoms. The molecule has 0 radical (unpaired) electrons. The standard InChI is InChI=1S/C20H20ClFN2O2/c1-12(2)9-18(19(25)23-14-7-8-17(22)16(21)10-14)24-11-13-5-3-4-6-15(13)20(24)26/h3-8,10,12,18H,9,11H2,1-2H3,(H,23,25)/t18-/m1/s1. The van der Waals surface area contributed by atoms with Gasteiger partial charge in [0, 0.05) is 17.8 Å². The number of hydrogen-bond acceptors (Lipinski definition) is 2. The zero-order valence-corrected chi connectivity index (χ0v) is 15.4. The van der Waals surface area contributed by atoms with Gasteiger partial charge in [-0.05, 0) is 42.2 Å². The fourth-order valence-electron chi connectivity index (χ4n) is 3.15. The molecule has 0 aromatic heterocycles. The average molecular weight is 375 g/mol. The van der Waals surface area contributed by atoms with Gasteiger partial charge in [-0.2, -0.15) is 0 Å². The highest BCUT2D eigenvalue weighted by Gasteiger charge is 2.36. The molecule has 0 aliphatic carbocycles. The minimum Gasteiger partial charge on any atom is -0.324 e. The number of fused-ring (bicyclic) bond motifs is 1. The van der Waals surface area contributed by atoms with E-state index in [0.29, 0.717) is 24.2 Å². The topological polar surface area (TPSA) is 49.4 Å². The molecule has 2 aromatic carbocycles. The molecule has 136 valence electrons. The monoisotopic (exact) mass is 374 g/mol. The number of nitrogens with zero attached hydrogens (tertiary/aromatic N) is 1. The summed E-state index contributed by atoms with van der Waals surface area (Å²) in [6.07, 6.45) is 0.528. The number of benzene rings is 2. The second-order valence-electron chi connectivity index (χ2n) is 6.85. The van der Waals surface area contributed by atoms with Gasteiger partial charge in [0.25, 0.3) is 5.91 Å². The number of halogens is 2. The van der Waals surface area contributed by atoms with Crippen LogP contribution in [0.4, 0.5) is 10.1 Å². The van der Waals surface area contributed by atoms with Gasteiger partial charge in [-0.15, -0.1) is 0 Å². The third kappa shape index (κ3) is 3.73. The lowest BCUT2D eigenvalue weighted by Crippen LogP contribution is -2.45. The van der Waals surface area contributed by atoms with E-state index in [1.54, 1.807) is 11.0 Å². The van der Waals surface area contributed by atoms with Crippen LogP contribution in [0.5, 0.6) is 0 Å². The Morgan fingerprint density at radius 3 is 2.65 bits per heavy atom. The first-order chi connectivity index (χ1) is 12.4. The minimum absolute atomic E-state index is 0.0622. The van der Waals surface area contributed by atoms with E-state index in [4.69, 9.17) is 11.6 Å². The van der Waals surface area contributed by atoms with Crippen LogP contribution in [0.2, 0.25) is 5.02 Å². The third-order valence-electron chi connectivity index (χ3n) is 4.41. The molecule has 1 heterocycles. The van der Waals surface area contributed by atoms with Crippen molar-refractivity contribution in [2.24, 2.45) is 5.92 Å². The van der Waals surface area contributed by atoms with Crippen LogP contribution >= 0.6 is 11.6 Å². The highest BCUT2D eigenvalue weighted by Crippen LogP contribution is 2.28. The van der Waals surface area contributed by atoms with Crippen molar-refractivity contribution in [1.29, 1.82) is 0 Å². The van der Waals surface area contributed by atoms with Gasteiger partial charge in [-0.25, -0.2) is 4.39 Å². The van der Waals surface area contributed by atoms with E-state index in [2.05, 4.69) is 5.32 Å². The van der Waals surface area contributed by atoms with Crippen LogP contribution in [0.15, 0.2) is 42.5 Å². The number of rotatable bonds is 5. The van der Waals surface area contributed by atoms with Gasteiger partial charge in [-0.1, -0.05) is 43.6 Å². The van der Waals surface area contributed by atoms with Crippen LogP contribution in [0, 0.1) is 11.7 Å². The Bertz CT molecular complexity index is 853. The second kappa shape index (κ2) is 7.46. The van der Waals surface area contributed by atoms with Crippen molar-refractivity contribution < 1.29 is 14.0 Å². The molecule has 2 aromatic rings. The first kappa shape index (κ1) is 18.4.